The Morgan fingerprint density at radius 2 is 2.12 bits per heavy atom. The highest BCUT2D eigenvalue weighted by Crippen LogP contribution is 2.27. The van der Waals surface area contributed by atoms with Gasteiger partial charge >= 0.3 is 0 Å². The fraction of sp³-hybridized carbons (Fsp3) is 0.308. The number of rotatable bonds is 3. The number of hydrogen-bond acceptors (Lipinski definition) is 2. The third-order valence-electron chi connectivity index (χ3n) is 2.98. The van der Waals surface area contributed by atoms with E-state index in [9.17, 15) is 0 Å². The van der Waals surface area contributed by atoms with E-state index in [0.717, 1.165) is 0 Å². The van der Waals surface area contributed by atoms with E-state index in [4.69, 9.17) is 0 Å². The van der Waals surface area contributed by atoms with Crippen LogP contribution in [-0.2, 0) is 7.05 Å². The topological polar surface area (TPSA) is 29.9 Å². The third kappa shape index (κ3) is 2.37. The summed E-state index contributed by atoms with van der Waals surface area (Å²) in [4.78, 5) is 0. The molecule has 0 aliphatic heterocycles. The summed E-state index contributed by atoms with van der Waals surface area (Å²) in [5, 5.41) is 7.60. The van der Waals surface area contributed by atoms with Crippen molar-refractivity contribution in [3.05, 3.63) is 50.9 Å². The molecule has 90 valence electrons. The average molecular weight is 341 g/mol. The van der Waals surface area contributed by atoms with Crippen molar-refractivity contribution in [1.29, 1.82) is 0 Å². The Labute approximate surface area is 115 Å². The number of nitrogens with zero attached hydrogens (tertiary/aromatic N) is 2. The van der Waals surface area contributed by atoms with Crippen LogP contribution in [0.5, 0.6) is 0 Å². The molecule has 1 unspecified atom stereocenters. The van der Waals surface area contributed by atoms with Crippen molar-refractivity contribution in [2.45, 2.75) is 13.0 Å². The Morgan fingerprint density at radius 3 is 2.71 bits per heavy atom. The molecule has 0 radical (unpaired) electrons. The van der Waals surface area contributed by atoms with Crippen LogP contribution < -0.4 is 5.32 Å². The lowest BCUT2D eigenvalue weighted by molar-refractivity contribution is 0.604. The number of benzene rings is 1. The van der Waals surface area contributed by atoms with Crippen molar-refractivity contribution in [2.75, 3.05) is 7.05 Å². The highest BCUT2D eigenvalue weighted by atomic mass is 127. The van der Waals surface area contributed by atoms with E-state index in [1.807, 2.05) is 25.0 Å². The number of hydrogen-bond donors (Lipinski definition) is 1. The van der Waals surface area contributed by atoms with Gasteiger partial charge < -0.3 is 5.32 Å². The number of aromatic nitrogens is 2. The fourth-order valence-electron chi connectivity index (χ4n) is 2.02. The van der Waals surface area contributed by atoms with Crippen molar-refractivity contribution in [3.63, 3.8) is 0 Å². The fourth-order valence-corrected chi connectivity index (χ4v) is 2.69. The minimum absolute atomic E-state index is 0.189. The van der Waals surface area contributed by atoms with E-state index in [1.54, 1.807) is 0 Å². The zero-order chi connectivity index (χ0) is 12.4. The lowest BCUT2D eigenvalue weighted by Gasteiger charge is -2.19. The molecule has 1 heterocycles. The molecular formula is C13H16IN3. The maximum atomic E-state index is 4.24. The quantitative estimate of drug-likeness (QED) is 0.870. The third-order valence-corrected chi connectivity index (χ3v) is 4.45. The summed E-state index contributed by atoms with van der Waals surface area (Å²) in [5.74, 6) is 0. The predicted octanol–water partition coefficient (Wildman–Crippen LogP) is 2.64. The van der Waals surface area contributed by atoms with Crippen LogP contribution in [0, 0.1) is 10.5 Å². The minimum Gasteiger partial charge on any atom is -0.308 e. The van der Waals surface area contributed by atoms with Gasteiger partial charge in [-0.15, -0.1) is 0 Å². The molecule has 3 nitrogen and oxygen atoms in total. The van der Waals surface area contributed by atoms with Gasteiger partial charge in [0.15, 0.2) is 0 Å². The zero-order valence-electron chi connectivity index (χ0n) is 10.2. The number of aryl methyl sites for hydroxylation is 2. The first-order chi connectivity index (χ1) is 8.15. The van der Waals surface area contributed by atoms with E-state index >= 15 is 0 Å². The zero-order valence-corrected chi connectivity index (χ0v) is 12.4. The second-order valence-electron chi connectivity index (χ2n) is 4.08. The monoisotopic (exact) mass is 341 g/mol. The van der Waals surface area contributed by atoms with Crippen LogP contribution in [0.2, 0.25) is 0 Å². The molecular weight excluding hydrogens is 325 g/mol. The first-order valence-electron chi connectivity index (χ1n) is 5.55. The largest absolute Gasteiger partial charge is 0.308 e. The molecule has 1 atom stereocenters. The highest BCUT2D eigenvalue weighted by Gasteiger charge is 2.18. The van der Waals surface area contributed by atoms with Crippen molar-refractivity contribution in [3.8, 4) is 0 Å². The van der Waals surface area contributed by atoms with Crippen LogP contribution in [0.15, 0.2) is 30.5 Å². The molecule has 0 aliphatic rings. The molecule has 4 heteroatoms. The minimum atomic E-state index is 0.189. The molecule has 0 bridgehead atoms. The molecule has 0 aliphatic carbocycles. The second kappa shape index (κ2) is 5.18. The molecule has 1 aromatic carbocycles. The number of nitrogens with one attached hydrogen (secondary N) is 1. The molecule has 0 spiro atoms. The van der Waals surface area contributed by atoms with Crippen LogP contribution in [0.1, 0.15) is 22.9 Å². The first kappa shape index (κ1) is 12.6. The van der Waals surface area contributed by atoms with Crippen molar-refractivity contribution in [2.24, 2.45) is 7.05 Å². The summed E-state index contributed by atoms with van der Waals surface area (Å²) in [6.07, 6.45) is 1.84. The molecule has 2 rings (SSSR count). The molecule has 0 fully saturated rings. The van der Waals surface area contributed by atoms with Crippen molar-refractivity contribution < 1.29 is 0 Å². The highest BCUT2D eigenvalue weighted by molar-refractivity contribution is 14.1. The Hall–Kier alpha value is -0.880. The maximum absolute atomic E-state index is 4.24. The molecule has 0 saturated heterocycles. The van der Waals surface area contributed by atoms with E-state index in [1.165, 1.54) is 20.4 Å². The summed E-state index contributed by atoms with van der Waals surface area (Å²) in [6.45, 7) is 2.14. The van der Waals surface area contributed by atoms with Crippen molar-refractivity contribution in [1.82, 2.24) is 15.1 Å². The lowest BCUT2D eigenvalue weighted by Crippen LogP contribution is -2.21. The van der Waals surface area contributed by atoms with Gasteiger partial charge in [0.1, 0.15) is 0 Å². The van der Waals surface area contributed by atoms with E-state index < -0.39 is 0 Å². The Morgan fingerprint density at radius 1 is 1.35 bits per heavy atom. The van der Waals surface area contributed by atoms with Gasteiger partial charge in [0, 0.05) is 16.8 Å². The average Bonchev–Trinajstić information content (AvgIpc) is 2.72. The van der Waals surface area contributed by atoms with E-state index in [2.05, 4.69) is 64.2 Å². The molecule has 17 heavy (non-hydrogen) atoms. The first-order valence-corrected chi connectivity index (χ1v) is 6.63. The van der Waals surface area contributed by atoms with Gasteiger partial charge in [0.2, 0.25) is 0 Å². The molecule has 1 aromatic heterocycles. The Kier molecular flexibility index (Phi) is 3.83. The smallest absolute Gasteiger partial charge is 0.0756 e. The maximum Gasteiger partial charge on any atom is 0.0756 e. The molecule has 0 amide bonds. The summed E-state index contributed by atoms with van der Waals surface area (Å²) in [6, 6.07) is 8.66. The van der Waals surface area contributed by atoms with Gasteiger partial charge in [-0.05, 0) is 53.8 Å². The van der Waals surface area contributed by atoms with Gasteiger partial charge in [0.25, 0.3) is 0 Å². The summed E-state index contributed by atoms with van der Waals surface area (Å²) in [5.41, 5.74) is 3.79. The summed E-state index contributed by atoms with van der Waals surface area (Å²) in [7, 11) is 3.96. The molecule has 1 N–H and O–H groups in total. The molecule has 0 saturated carbocycles. The molecule has 2 aromatic rings. The van der Waals surface area contributed by atoms with Crippen LogP contribution >= 0.6 is 22.6 Å². The van der Waals surface area contributed by atoms with E-state index in [0.29, 0.717) is 0 Å². The SMILES string of the molecule is CNC(c1cccc(C)c1I)c1ccnn1C. The Balaban J connectivity index is 2.50. The van der Waals surface area contributed by atoms with Crippen LogP contribution in [0.3, 0.4) is 0 Å². The van der Waals surface area contributed by atoms with Gasteiger partial charge in [-0.3, -0.25) is 4.68 Å². The van der Waals surface area contributed by atoms with Gasteiger partial charge in [-0.1, -0.05) is 18.2 Å². The van der Waals surface area contributed by atoms with E-state index in [-0.39, 0.29) is 6.04 Å². The summed E-state index contributed by atoms with van der Waals surface area (Å²) >= 11 is 2.41. The standard InChI is InChI=1S/C13H16IN3/c1-9-5-4-6-10(12(9)14)13(15-2)11-7-8-16-17(11)3/h4-8,13,15H,1-3H3. The van der Waals surface area contributed by atoms with Crippen LogP contribution in [0.4, 0.5) is 0 Å². The van der Waals surface area contributed by atoms with Gasteiger partial charge in [-0.25, -0.2) is 0 Å². The number of halogens is 1. The Bertz CT molecular complexity index is 519. The predicted molar refractivity (Wildman–Crippen MR) is 78.0 cm³/mol. The van der Waals surface area contributed by atoms with Gasteiger partial charge in [0.05, 0.1) is 11.7 Å². The van der Waals surface area contributed by atoms with Crippen LogP contribution in [0.25, 0.3) is 0 Å². The summed E-state index contributed by atoms with van der Waals surface area (Å²) < 4.78 is 3.23. The van der Waals surface area contributed by atoms with Crippen LogP contribution in [-0.4, -0.2) is 16.8 Å². The second-order valence-corrected chi connectivity index (χ2v) is 5.16. The lowest BCUT2D eigenvalue weighted by atomic mass is 10.0. The van der Waals surface area contributed by atoms with Crippen molar-refractivity contribution >= 4 is 22.6 Å². The normalized spacial score (nSPS) is 12.7. The van der Waals surface area contributed by atoms with Gasteiger partial charge in [-0.2, -0.15) is 5.10 Å².